The van der Waals surface area contributed by atoms with Gasteiger partial charge in [0.2, 0.25) is 17.8 Å². The summed E-state index contributed by atoms with van der Waals surface area (Å²) in [4.78, 5) is 23.8. The standard InChI is InChI=1S/C17H22N4O3S/c1-2-19-3-5-20(6-4-19)7-8-21-16(22)12-9-14-15(24-11-23-14)10-13(12)18-17(21)25/h9-10,12H,2-8,11H2,1H3. The fourth-order valence-electron chi connectivity index (χ4n) is 3.51. The Labute approximate surface area is 152 Å². The van der Waals surface area contributed by atoms with Gasteiger partial charge in [-0.15, -0.1) is 0 Å². The molecule has 3 heterocycles. The second-order valence-electron chi connectivity index (χ2n) is 6.51. The van der Waals surface area contributed by atoms with Gasteiger partial charge in [-0.25, -0.2) is 4.99 Å². The van der Waals surface area contributed by atoms with Crippen LogP contribution >= 0.6 is 12.2 Å². The van der Waals surface area contributed by atoms with Crippen molar-refractivity contribution in [3.8, 4) is 0 Å². The van der Waals surface area contributed by atoms with Crippen molar-refractivity contribution < 1.29 is 14.3 Å². The highest BCUT2D eigenvalue weighted by molar-refractivity contribution is 7.80. The summed E-state index contributed by atoms with van der Waals surface area (Å²) in [5.74, 6) is 0.804. The van der Waals surface area contributed by atoms with Crippen LogP contribution in [0.2, 0.25) is 0 Å². The van der Waals surface area contributed by atoms with Crippen LogP contribution in [0.1, 0.15) is 6.92 Å². The molecule has 4 aliphatic rings. The topological polar surface area (TPSA) is 57.6 Å². The second kappa shape index (κ2) is 6.86. The zero-order valence-electron chi connectivity index (χ0n) is 14.3. The molecule has 25 heavy (non-hydrogen) atoms. The maximum absolute atomic E-state index is 12.9. The van der Waals surface area contributed by atoms with Gasteiger partial charge in [0.1, 0.15) is 5.92 Å². The summed E-state index contributed by atoms with van der Waals surface area (Å²) in [5, 5.41) is 0.344. The first-order chi connectivity index (χ1) is 12.2. The molecular formula is C17H22N4O3S. The van der Waals surface area contributed by atoms with E-state index in [1.165, 1.54) is 0 Å². The highest BCUT2D eigenvalue weighted by Crippen LogP contribution is 2.31. The number of amides is 1. The van der Waals surface area contributed by atoms with Gasteiger partial charge in [0.15, 0.2) is 11.5 Å². The third-order valence-electron chi connectivity index (χ3n) is 5.13. The Morgan fingerprint density at radius 2 is 1.88 bits per heavy atom. The Kier molecular flexibility index (Phi) is 4.58. The van der Waals surface area contributed by atoms with Crippen molar-refractivity contribution >= 4 is 28.9 Å². The molecule has 4 rings (SSSR count). The molecule has 0 aromatic heterocycles. The lowest BCUT2D eigenvalue weighted by molar-refractivity contribution is -0.128. The number of piperazine rings is 1. The number of rotatable bonds is 4. The number of fused-ring (bicyclic) bond motifs is 2. The highest BCUT2D eigenvalue weighted by atomic mass is 32.1. The molecule has 2 saturated heterocycles. The number of likely N-dealkylation sites (N-methyl/N-ethyl adjacent to an activating group) is 1. The maximum atomic E-state index is 12.9. The number of allylic oxidation sites excluding steroid dienone is 1. The average Bonchev–Trinajstić information content (AvgIpc) is 3.08. The van der Waals surface area contributed by atoms with Crippen LogP contribution in [0.4, 0.5) is 0 Å². The molecule has 1 atom stereocenters. The summed E-state index contributed by atoms with van der Waals surface area (Å²) >= 11 is 5.37. The Bertz CT molecular complexity index is 679. The van der Waals surface area contributed by atoms with Gasteiger partial charge < -0.3 is 14.4 Å². The highest BCUT2D eigenvalue weighted by Gasteiger charge is 2.38. The number of thiocarbonyl (C=S) groups is 1. The zero-order chi connectivity index (χ0) is 17.4. The first-order valence-corrected chi connectivity index (χ1v) is 9.14. The number of aliphatic imine (C=N–C) groups is 1. The maximum Gasteiger partial charge on any atom is 0.241 e. The van der Waals surface area contributed by atoms with Crippen molar-refractivity contribution in [1.82, 2.24) is 14.7 Å². The van der Waals surface area contributed by atoms with E-state index in [0.29, 0.717) is 28.9 Å². The van der Waals surface area contributed by atoms with Gasteiger partial charge >= 0.3 is 0 Å². The van der Waals surface area contributed by atoms with Gasteiger partial charge in [-0.1, -0.05) is 6.92 Å². The smallest absolute Gasteiger partial charge is 0.241 e. The largest absolute Gasteiger partial charge is 0.454 e. The molecule has 1 amide bonds. The van der Waals surface area contributed by atoms with E-state index in [2.05, 4.69) is 21.7 Å². The van der Waals surface area contributed by atoms with Crippen LogP contribution in [0.3, 0.4) is 0 Å². The second-order valence-corrected chi connectivity index (χ2v) is 6.87. The predicted octanol–water partition coefficient (Wildman–Crippen LogP) is 0.594. The molecule has 0 bridgehead atoms. The molecule has 7 nitrogen and oxygen atoms in total. The Morgan fingerprint density at radius 3 is 2.64 bits per heavy atom. The molecule has 2 fully saturated rings. The fourth-order valence-corrected chi connectivity index (χ4v) is 3.80. The number of carbonyl (C=O) groups excluding carboxylic acids is 1. The third kappa shape index (κ3) is 3.21. The summed E-state index contributed by atoms with van der Waals surface area (Å²) in [6, 6.07) is 0. The van der Waals surface area contributed by atoms with Crippen LogP contribution < -0.4 is 0 Å². The summed E-state index contributed by atoms with van der Waals surface area (Å²) in [5.41, 5.74) is 0.645. The van der Waals surface area contributed by atoms with Gasteiger partial charge in [0.25, 0.3) is 0 Å². The minimum Gasteiger partial charge on any atom is -0.454 e. The lowest BCUT2D eigenvalue weighted by Crippen LogP contribution is -2.51. The van der Waals surface area contributed by atoms with Crippen LogP contribution in [0, 0.1) is 5.92 Å². The molecule has 0 N–H and O–H groups in total. The van der Waals surface area contributed by atoms with Crippen molar-refractivity contribution in [2.45, 2.75) is 6.92 Å². The number of ether oxygens (including phenoxy) is 2. The summed E-state index contributed by atoms with van der Waals surface area (Å²) in [7, 11) is 0. The van der Waals surface area contributed by atoms with E-state index in [-0.39, 0.29) is 12.7 Å². The fraction of sp³-hybridized carbons (Fsp3) is 0.588. The number of hydrogen-bond acceptors (Lipinski definition) is 6. The molecule has 0 aromatic carbocycles. The van der Waals surface area contributed by atoms with E-state index in [0.717, 1.165) is 39.3 Å². The first kappa shape index (κ1) is 16.7. The summed E-state index contributed by atoms with van der Waals surface area (Å²) < 4.78 is 10.8. The van der Waals surface area contributed by atoms with Crippen molar-refractivity contribution in [1.29, 1.82) is 0 Å². The molecular weight excluding hydrogens is 340 g/mol. The van der Waals surface area contributed by atoms with Gasteiger partial charge in [-0.05, 0) is 24.8 Å². The van der Waals surface area contributed by atoms with Crippen LogP contribution in [0.25, 0.3) is 0 Å². The van der Waals surface area contributed by atoms with Crippen molar-refractivity contribution in [2.75, 3.05) is 52.6 Å². The van der Waals surface area contributed by atoms with Crippen LogP contribution in [-0.4, -0.2) is 84.0 Å². The van der Waals surface area contributed by atoms with Crippen LogP contribution in [0.15, 0.2) is 28.7 Å². The van der Waals surface area contributed by atoms with Crippen LogP contribution in [0.5, 0.6) is 0 Å². The minimum atomic E-state index is -0.427. The monoisotopic (exact) mass is 362 g/mol. The van der Waals surface area contributed by atoms with E-state index in [4.69, 9.17) is 21.7 Å². The molecule has 3 aliphatic heterocycles. The molecule has 0 radical (unpaired) electrons. The lowest BCUT2D eigenvalue weighted by Gasteiger charge is -2.36. The Balaban J connectivity index is 1.41. The third-order valence-corrected chi connectivity index (χ3v) is 5.44. The average molecular weight is 362 g/mol. The number of nitrogens with zero attached hydrogens (tertiary/aromatic N) is 4. The van der Waals surface area contributed by atoms with E-state index in [1.54, 1.807) is 17.1 Å². The van der Waals surface area contributed by atoms with Gasteiger partial charge in [0, 0.05) is 45.3 Å². The van der Waals surface area contributed by atoms with E-state index >= 15 is 0 Å². The number of hydrogen-bond donors (Lipinski definition) is 0. The Hall–Kier alpha value is -1.77. The van der Waals surface area contributed by atoms with Crippen molar-refractivity contribution in [3.05, 3.63) is 23.7 Å². The summed E-state index contributed by atoms with van der Waals surface area (Å²) in [6.07, 6.45) is 3.55. The van der Waals surface area contributed by atoms with E-state index in [1.807, 2.05) is 0 Å². The molecule has 1 aliphatic carbocycles. The molecule has 8 heteroatoms. The summed E-state index contributed by atoms with van der Waals surface area (Å²) in [6.45, 7) is 9.08. The normalized spacial score (nSPS) is 27.0. The van der Waals surface area contributed by atoms with Crippen molar-refractivity contribution in [2.24, 2.45) is 10.9 Å². The van der Waals surface area contributed by atoms with Crippen molar-refractivity contribution in [3.63, 3.8) is 0 Å². The predicted molar refractivity (Wildman–Crippen MR) is 97.0 cm³/mol. The first-order valence-electron chi connectivity index (χ1n) is 8.74. The van der Waals surface area contributed by atoms with Gasteiger partial charge in [-0.3, -0.25) is 14.6 Å². The van der Waals surface area contributed by atoms with Crippen LogP contribution in [-0.2, 0) is 14.3 Å². The van der Waals surface area contributed by atoms with Gasteiger partial charge in [0.05, 0.1) is 5.71 Å². The van der Waals surface area contributed by atoms with E-state index < -0.39 is 5.92 Å². The number of carbonyl (C=O) groups is 1. The molecule has 1 unspecified atom stereocenters. The molecule has 0 aromatic rings. The van der Waals surface area contributed by atoms with Gasteiger partial charge in [-0.2, -0.15) is 0 Å². The Morgan fingerprint density at radius 1 is 1.16 bits per heavy atom. The minimum absolute atomic E-state index is 0.0273. The van der Waals surface area contributed by atoms with E-state index in [9.17, 15) is 4.79 Å². The molecule has 134 valence electrons. The SMILES string of the molecule is CCN1CCN(CCN2C(=O)C3C=C4OCOC4=CC3=NC2=S)CC1. The lowest BCUT2D eigenvalue weighted by atomic mass is 9.94. The quantitative estimate of drug-likeness (QED) is 0.683. The zero-order valence-corrected chi connectivity index (χ0v) is 15.1. The molecule has 0 spiro atoms. The molecule has 0 saturated carbocycles.